The molecule has 3 atom stereocenters. The monoisotopic (exact) mass is 905 g/mol. The molecule has 3 unspecified atom stereocenters. The molecule has 0 amide bonds. The van der Waals surface area contributed by atoms with Gasteiger partial charge in [-0.1, -0.05) is 158 Å². The van der Waals surface area contributed by atoms with Crippen LogP contribution in [0.25, 0.3) is 55.2 Å². The summed E-state index contributed by atoms with van der Waals surface area (Å²) in [5.74, 6) is 1.27. The molecule has 1 N–H and O–H groups in total. The van der Waals surface area contributed by atoms with Gasteiger partial charge in [0.2, 0.25) is 0 Å². The first-order chi connectivity index (χ1) is 34.7. The van der Waals surface area contributed by atoms with E-state index >= 15 is 0 Å². The molecular weight excluding hydrogens is 851 g/mol. The molecule has 13 rings (SSSR count). The van der Waals surface area contributed by atoms with Gasteiger partial charge in [-0.2, -0.15) is 0 Å². The number of nitrogens with one attached hydrogen (secondary N) is 1. The van der Waals surface area contributed by atoms with E-state index in [1.807, 2.05) is 0 Å². The van der Waals surface area contributed by atoms with Crippen LogP contribution in [0.5, 0.6) is 5.75 Å². The Morgan fingerprint density at radius 1 is 0.557 bits per heavy atom. The molecule has 0 radical (unpaired) electrons. The molecule has 5 aliphatic rings. The van der Waals surface area contributed by atoms with Crippen LogP contribution in [-0.4, -0.2) is 17.1 Å². The topological polar surface area (TPSA) is 31.5 Å². The van der Waals surface area contributed by atoms with Crippen LogP contribution >= 0.6 is 0 Å². The molecule has 1 aliphatic heterocycles. The van der Waals surface area contributed by atoms with E-state index in [1.54, 1.807) is 0 Å². The van der Waals surface area contributed by atoms with Crippen LogP contribution in [-0.2, 0) is 0 Å². The molecule has 4 nitrogen and oxygen atoms in total. The first-order valence-electron chi connectivity index (χ1n) is 25.3. The van der Waals surface area contributed by atoms with Gasteiger partial charge in [-0.05, 0) is 151 Å². The van der Waals surface area contributed by atoms with Crippen LogP contribution in [0.3, 0.4) is 0 Å². The minimum absolute atomic E-state index is 0.0308. The van der Waals surface area contributed by atoms with Crippen LogP contribution < -0.4 is 14.5 Å². The lowest BCUT2D eigenvalue weighted by molar-refractivity contribution is 0.257. The fraction of sp³-hybridized carbons (Fsp3) is 0.152. The summed E-state index contributed by atoms with van der Waals surface area (Å²) in [5, 5.41) is 2.52. The minimum atomic E-state index is 0.0308. The number of rotatable bonds is 10. The average molecular weight is 906 g/mol. The highest BCUT2D eigenvalue weighted by atomic mass is 16.5. The van der Waals surface area contributed by atoms with E-state index in [9.17, 15) is 0 Å². The lowest BCUT2D eigenvalue weighted by Gasteiger charge is -2.35. The Morgan fingerprint density at radius 2 is 1.31 bits per heavy atom. The highest BCUT2D eigenvalue weighted by Gasteiger charge is 2.37. The number of fused-ring (bicyclic) bond motifs is 6. The molecule has 4 heteroatoms. The Balaban J connectivity index is 0.796. The van der Waals surface area contributed by atoms with Crippen molar-refractivity contribution in [1.82, 2.24) is 4.98 Å². The molecular formula is C66H55N3O. The molecule has 340 valence electrons. The van der Waals surface area contributed by atoms with Gasteiger partial charge in [0, 0.05) is 67.8 Å². The molecule has 70 heavy (non-hydrogen) atoms. The van der Waals surface area contributed by atoms with Gasteiger partial charge >= 0.3 is 0 Å². The Hall–Kier alpha value is -8.08. The van der Waals surface area contributed by atoms with Crippen molar-refractivity contribution in [1.29, 1.82) is 0 Å². The molecule has 0 bridgehead atoms. The number of benzene rings is 7. The number of aromatic amines is 1. The maximum atomic E-state index is 6.59. The number of para-hydroxylation sites is 3. The van der Waals surface area contributed by atoms with Gasteiger partial charge in [-0.3, -0.25) is 0 Å². The molecule has 2 heterocycles. The van der Waals surface area contributed by atoms with Crippen LogP contribution in [0.4, 0.5) is 17.1 Å². The SMILES string of the molecule is C1=CC2c3ccccc3OC2C(C2=CC=C(N(C3=CCCC=C3)c3cccc(-c4cccc(-c5cccc(N(c6ccc(-c7cccc8c7[nH]c7ccccc78)cc6)C6CC=CCC6)c5)c4)c3)CC2)=C1. The summed E-state index contributed by atoms with van der Waals surface area (Å²) in [6.07, 6.45) is 30.5. The van der Waals surface area contributed by atoms with Crippen LogP contribution in [0, 0.1) is 0 Å². The van der Waals surface area contributed by atoms with Crippen LogP contribution in [0.15, 0.2) is 247 Å². The number of H-pyrrole nitrogens is 1. The van der Waals surface area contributed by atoms with Crippen LogP contribution in [0.2, 0.25) is 0 Å². The third-order valence-electron chi connectivity index (χ3n) is 15.1. The molecule has 8 aromatic rings. The van der Waals surface area contributed by atoms with Gasteiger partial charge in [-0.25, -0.2) is 0 Å². The first-order valence-corrected chi connectivity index (χ1v) is 25.3. The molecule has 7 aromatic carbocycles. The van der Waals surface area contributed by atoms with E-state index in [2.05, 4.69) is 239 Å². The summed E-state index contributed by atoms with van der Waals surface area (Å²) < 4.78 is 6.59. The van der Waals surface area contributed by atoms with Crippen molar-refractivity contribution < 1.29 is 4.74 Å². The number of aromatic nitrogens is 1. The molecule has 1 aromatic heterocycles. The van der Waals surface area contributed by atoms with Crippen molar-refractivity contribution in [2.45, 2.75) is 63.0 Å². The number of nitrogens with zero attached hydrogens (tertiary/aromatic N) is 2. The van der Waals surface area contributed by atoms with Gasteiger partial charge in [0.1, 0.15) is 11.9 Å². The summed E-state index contributed by atoms with van der Waals surface area (Å²) >= 11 is 0. The van der Waals surface area contributed by atoms with Crippen molar-refractivity contribution in [2.75, 3.05) is 9.80 Å². The summed E-state index contributed by atoms with van der Waals surface area (Å²) in [5.41, 5.74) is 19.8. The fourth-order valence-corrected chi connectivity index (χ4v) is 11.7. The summed E-state index contributed by atoms with van der Waals surface area (Å²) in [4.78, 5) is 8.78. The quantitative estimate of drug-likeness (QED) is 0.139. The van der Waals surface area contributed by atoms with E-state index in [0.717, 1.165) is 50.7 Å². The molecule has 0 fully saturated rings. The van der Waals surface area contributed by atoms with E-state index in [1.165, 1.54) is 100 Å². The molecule has 0 saturated heterocycles. The fourth-order valence-electron chi connectivity index (χ4n) is 11.7. The Kier molecular flexibility index (Phi) is 10.9. The zero-order valence-corrected chi connectivity index (χ0v) is 39.3. The summed E-state index contributed by atoms with van der Waals surface area (Å²) in [6.45, 7) is 0. The molecule has 4 aliphatic carbocycles. The van der Waals surface area contributed by atoms with Crippen molar-refractivity contribution in [3.8, 4) is 39.1 Å². The smallest absolute Gasteiger partial charge is 0.134 e. The maximum Gasteiger partial charge on any atom is 0.134 e. The summed E-state index contributed by atoms with van der Waals surface area (Å²) in [6, 6.07) is 60.8. The van der Waals surface area contributed by atoms with Crippen molar-refractivity contribution in [2.24, 2.45) is 0 Å². The number of hydrogen-bond acceptors (Lipinski definition) is 3. The molecule has 0 saturated carbocycles. The number of anilines is 3. The number of allylic oxidation sites excluding steroid dienone is 9. The van der Waals surface area contributed by atoms with Gasteiger partial charge < -0.3 is 19.5 Å². The third-order valence-corrected chi connectivity index (χ3v) is 15.1. The number of ether oxygens (including phenoxy) is 1. The predicted octanol–water partition coefficient (Wildman–Crippen LogP) is 17.3. The van der Waals surface area contributed by atoms with Gasteiger partial charge in [0.15, 0.2) is 0 Å². The lowest BCUT2D eigenvalue weighted by atomic mass is 9.82. The zero-order chi connectivity index (χ0) is 46.4. The van der Waals surface area contributed by atoms with Gasteiger partial charge in [0.25, 0.3) is 0 Å². The second-order valence-electron chi connectivity index (χ2n) is 19.3. The normalized spacial score (nSPS) is 19.2. The van der Waals surface area contributed by atoms with Crippen molar-refractivity contribution in [3.63, 3.8) is 0 Å². The van der Waals surface area contributed by atoms with Crippen molar-refractivity contribution >= 4 is 38.9 Å². The van der Waals surface area contributed by atoms with Gasteiger partial charge in [0.05, 0.1) is 5.52 Å². The second-order valence-corrected chi connectivity index (χ2v) is 19.3. The Bertz CT molecular complexity index is 3540. The van der Waals surface area contributed by atoms with E-state index < -0.39 is 0 Å². The largest absolute Gasteiger partial charge is 0.484 e. The Morgan fingerprint density at radius 3 is 2.11 bits per heavy atom. The first kappa shape index (κ1) is 42.1. The maximum absolute atomic E-state index is 6.59. The highest BCUT2D eigenvalue weighted by Crippen LogP contribution is 2.47. The third kappa shape index (κ3) is 7.74. The van der Waals surface area contributed by atoms with E-state index in [4.69, 9.17) is 4.74 Å². The zero-order valence-electron chi connectivity index (χ0n) is 39.3. The second kappa shape index (κ2) is 18.1. The Labute approximate surface area is 411 Å². The average Bonchev–Trinajstić information content (AvgIpc) is 4.02. The van der Waals surface area contributed by atoms with Gasteiger partial charge in [-0.15, -0.1) is 0 Å². The van der Waals surface area contributed by atoms with Crippen LogP contribution in [0.1, 0.15) is 56.4 Å². The highest BCUT2D eigenvalue weighted by molar-refractivity contribution is 6.11. The van der Waals surface area contributed by atoms with E-state index in [-0.39, 0.29) is 12.0 Å². The standard InChI is InChI=1S/C66H55N3O/c1-3-20-51(21-4-1)68(53-38-34-45(35-39-53)57-28-14-30-61-59-26-7-9-32-63(59)67-65(57)61)55-24-12-18-49(43-55)47-16-11-17-48(42-47)50-19-13-25-56(44-50)69(52-22-5-2-6-23-52)54-40-36-46(37-41-54)58-29-15-31-62-60-27-8-10-33-64(60)70-66(58)62/h1,3,5,7-19,22-36,38-40,42-44,51,62,66-67H,2,4,6,20-21,37,41H2. The molecule has 0 spiro atoms. The minimum Gasteiger partial charge on any atom is -0.484 e. The number of hydrogen-bond donors (Lipinski definition) is 1. The summed E-state index contributed by atoms with van der Waals surface area (Å²) in [7, 11) is 0. The predicted molar refractivity (Wildman–Crippen MR) is 293 cm³/mol. The van der Waals surface area contributed by atoms with E-state index in [0.29, 0.717) is 6.04 Å². The lowest BCUT2D eigenvalue weighted by Crippen LogP contribution is -2.31. The van der Waals surface area contributed by atoms with Crippen molar-refractivity contribution in [3.05, 3.63) is 253 Å².